The molecule has 8 N–H and O–H groups in total. The van der Waals surface area contributed by atoms with Crippen molar-refractivity contribution in [1.82, 2.24) is 36.0 Å². The third-order valence-corrected chi connectivity index (χ3v) is 7.16. The molecule has 0 saturated heterocycles. The van der Waals surface area contributed by atoms with Crippen molar-refractivity contribution < 1.29 is 14.7 Å². The topological polar surface area (TPSA) is 201 Å². The molecule has 2 bridgehead atoms. The van der Waals surface area contributed by atoms with Crippen LogP contribution in [0.1, 0.15) is 45.5 Å². The lowest BCUT2D eigenvalue weighted by atomic mass is 9.88. The quantitative estimate of drug-likeness (QED) is 0.0428. The molecular formula is C30H46N10O5. The number of aromatic nitrogens is 1. The lowest BCUT2D eigenvalue weighted by Gasteiger charge is -2.22. The first-order valence-electron chi connectivity index (χ1n) is 14.9. The van der Waals surface area contributed by atoms with Crippen molar-refractivity contribution in [3.05, 3.63) is 49.5 Å². The van der Waals surface area contributed by atoms with Gasteiger partial charge in [0.25, 0.3) is 17.0 Å². The number of benzene rings is 2. The van der Waals surface area contributed by atoms with E-state index in [-0.39, 0.29) is 49.8 Å². The smallest absolute Gasteiger partial charge is 0.338 e. The van der Waals surface area contributed by atoms with Gasteiger partial charge in [-0.15, -0.1) is 0 Å². The van der Waals surface area contributed by atoms with E-state index < -0.39 is 23.0 Å². The predicted molar refractivity (Wildman–Crippen MR) is 179 cm³/mol. The van der Waals surface area contributed by atoms with Crippen LogP contribution in [0, 0.1) is 0 Å². The molecule has 4 rings (SSSR count). The highest BCUT2D eigenvalue weighted by Gasteiger charge is 2.32. The first kappa shape index (κ1) is 35.2. The van der Waals surface area contributed by atoms with Gasteiger partial charge in [-0.3, -0.25) is 24.8 Å². The minimum atomic E-state index is -1.42. The van der Waals surface area contributed by atoms with Gasteiger partial charge in [-0.05, 0) is 93.3 Å². The van der Waals surface area contributed by atoms with Crippen LogP contribution in [-0.4, -0.2) is 124 Å². The van der Waals surface area contributed by atoms with E-state index in [1.165, 1.54) is 12.1 Å². The number of hydrogen-bond acceptors (Lipinski definition) is 11. The summed E-state index contributed by atoms with van der Waals surface area (Å²) in [6.45, 7) is 3.48. The molecule has 246 valence electrons. The highest BCUT2D eigenvalue weighted by molar-refractivity contribution is 6.30. The Morgan fingerprint density at radius 3 is 1.84 bits per heavy atom. The standard InChI is InChI=1S/C30H46N10O5/c1-38(2)15-7-12-32-25-23(26(31)36-33-13-8-16-39(3)4)21-19-11-10-18(27(41)35-28(19)42)20(21)22(24(25)30(44)45)29(43)37-34-14-9-17-40(5)6/h10-11,32-34H,7-9,12-17H2,1-6H3,(H2,31,36)(H,37,43)(H,44,45)(H,35,41,42). The van der Waals surface area contributed by atoms with Crippen LogP contribution in [0.25, 0.3) is 21.5 Å². The molecule has 45 heavy (non-hydrogen) atoms. The normalized spacial score (nSPS) is 12.2. The van der Waals surface area contributed by atoms with Crippen molar-refractivity contribution in [2.45, 2.75) is 19.3 Å². The second kappa shape index (κ2) is 16.1. The molecule has 4 aromatic rings. The number of carbonyl (C=O) groups is 2. The van der Waals surface area contributed by atoms with Crippen LogP contribution in [0.15, 0.2) is 26.8 Å². The molecular weight excluding hydrogens is 580 g/mol. The van der Waals surface area contributed by atoms with Crippen molar-refractivity contribution in [2.24, 2.45) is 10.8 Å². The fraction of sp³-hybridized carbons (Fsp3) is 0.500. The molecule has 1 amide bonds. The summed E-state index contributed by atoms with van der Waals surface area (Å²) in [5.74, 6) is -2.29. The Hall–Kier alpha value is -4.31. The van der Waals surface area contributed by atoms with E-state index in [1.54, 1.807) is 0 Å². The van der Waals surface area contributed by atoms with Gasteiger partial charge in [-0.1, -0.05) is 0 Å². The number of aromatic amines is 1. The Labute approximate surface area is 262 Å². The zero-order valence-electron chi connectivity index (χ0n) is 27.0. The number of amidine groups is 1. The molecule has 0 aliphatic rings. The molecule has 0 unspecified atom stereocenters. The van der Waals surface area contributed by atoms with Gasteiger partial charge in [-0.2, -0.15) is 5.10 Å². The van der Waals surface area contributed by atoms with Crippen LogP contribution < -0.4 is 38.4 Å². The summed E-state index contributed by atoms with van der Waals surface area (Å²) in [6.07, 6.45) is 2.09. The Kier molecular flexibility index (Phi) is 12.6. The van der Waals surface area contributed by atoms with Gasteiger partial charge in [0.2, 0.25) is 0 Å². The highest BCUT2D eigenvalue weighted by Crippen LogP contribution is 2.38. The van der Waals surface area contributed by atoms with E-state index in [1.807, 2.05) is 57.0 Å². The van der Waals surface area contributed by atoms with E-state index in [4.69, 9.17) is 5.73 Å². The van der Waals surface area contributed by atoms with E-state index in [9.17, 15) is 24.3 Å². The van der Waals surface area contributed by atoms with E-state index >= 15 is 0 Å². The number of nitrogens with one attached hydrogen (secondary N) is 5. The minimum Gasteiger partial charge on any atom is -0.478 e. The molecule has 0 fully saturated rings. The molecule has 15 heteroatoms. The average molecular weight is 627 g/mol. The number of anilines is 1. The molecule has 2 aromatic heterocycles. The van der Waals surface area contributed by atoms with E-state index in [2.05, 4.69) is 31.7 Å². The molecule has 0 spiro atoms. The number of amides is 1. The van der Waals surface area contributed by atoms with Crippen LogP contribution in [0.3, 0.4) is 0 Å². The molecule has 0 aliphatic heterocycles. The summed E-state index contributed by atoms with van der Waals surface area (Å²) in [4.78, 5) is 61.6. The second-order valence-corrected chi connectivity index (χ2v) is 11.7. The minimum absolute atomic E-state index is 0.000408. The number of nitrogens with two attached hydrogens (primary N) is 1. The Bertz CT molecular complexity index is 1630. The lowest BCUT2D eigenvalue weighted by molar-refractivity contribution is 0.0692. The van der Waals surface area contributed by atoms with Crippen LogP contribution >= 0.6 is 0 Å². The third-order valence-electron chi connectivity index (χ3n) is 7.16. The molecule has 0 saturated carbocycles. The van der Waals surface area contributed by atoms with Gasteiger partial charge in [-0.25, -0.2) is 10.2 Å². The van der Waals surface area contributed by atoms with Crippen molar-refractivity contribution in [3.8, 4) is 0 Å². The number of hydrazine groups is 1. The number of hydrazone groups is 1. The van der Waals surface area contributed by atoms with Gasteiger partial charge in [0.15, 0.2) is 5.84 Å². The monoisotopic (exact) mass is 626 g/mol. The van der Waals surface area contributed by atoms with Gasteiger partial charge in [0.05, 0.1) is 22.4 Å². The van der Waals surface area contributed by atoms with Crippen molar-refractivity contribution >= 4 is 44.9 Å². The van der Waals surface area contributed by atoms with Gasteiger partial charge < -0.3 is 36.3 Å². The Morgan fingerprint density at radius 1 is 0.800 bits per heavy atom. The first-order chi connectivity index (χ1) is 21.3. The second-order valence-electron chi connectivity index (χ2n) is 11.7. The predicted octanol–water partition coefficient (Wildman–Crippen LogP) is -0.111. The number of nitrogens with zero attached hydrogens (tertiary/aromatic N) is 4. The summed E-state index contributed by atoms with van der Waals surface area (Å²) < 4.78 is 0. The number of fused-ring (bicyclic) bond motifs is 3. The fourth-order valence-electron chi connectivity index (χ4n) is 5.08. The number of rotatable bonds is 18. The molecule has 0 radical (unpaired) electrons. The number of hydrogen-bond donors (Lipinski definition) is 7. The third kappa shape index (κ3) is 8.88. The van der Waals surface area contributed by atoms with Crippen LogP contribution in [0.4, 0.5) is 5.69 Å². The maximum atomic E-state index is 13.8. The lowest BCUT2D eigenvalue weighted by Crippen LogP contribution is -2.40. The SMILES string of the molecule is CN(C)CCCNN=C(N)c1c(NCCCN(C)C)c(C(=O)O)c(C(=O)NNCCCN(C)C)c2c3ccc(c(=O)[nH]c3=O)c12. The summed E-state index contributed by atoms with van der Waals surface area (Å²) in [5.41, 5.74) is 13.0. The maximum absolute atomic E-state index is 13.8. The Balaban J connectivity index is 2.33. The van der Waals surface area contributed by atoms with Crippen molar-refractivity contribution in [2.75, 3.05) is 86.9 Å². The average Bonchev–Trinajstić information content (AvgIpc) is 3.16. The number of aromatic carboxylic acids is 1. The van der Waals surface area contributed by atoms with Crippen molar-refractivity contribution in [1.29, 1.82) is 0 Å². The summed E-state index contributed by atoms with van der Waals surface area (Å²) in [5, 5.41) is 18.3. The summed E-state index contributed by atoms with van der Waals surface area (Å²) in [6, 6.07) is 2.88. The zero-order valence-corrected chi connectivity index (χ0v) is 27.0. The summed E-state index contributed by atoms with van der Waals surface area (Å²) >= 11 is 0. The van der Waals surface area contributed by atoms with Crippen molar-refractivity contribution in [3.63, 3.8) is 0 Å². The molecule has 2 heterocycles. The zero-order chi connectivity index (χ0) is 33.3. The van der Waals surface area contributed by atoms with Crippen LogP contribution in [-0.2, 0) is 0 Å². The molecule has 0 aliphatic carbocycles. The van der Waals surface area contributed by atoms with Gasteiger partial charge in [0, 0.05) is 41.2 Å². The number of carbonyl (C=O) groups excluding carboxylic acids is 1. The van der Waals surface area contributed by atoms with Gasteiger partial charge in [0.1, 0.15) is 0 Å². The number of carboxylic acid groups (broad SMARTS) is 1. The Morgan fingerprint density at radius 2 is 1.31 bits per heavy atom. The summed E-state index contributed by atoms with van der Waals surface area (Å²) in [7, 11) is 11.6. The molecule has 15 nitrogen and oxygen atoms in total. The van der Waals surface area contributed by atoms with Crippen LogP contribution in [0.2, 0.25) is 0 Å². The highest BCUT2D eigenvalue weighted by atomic mass is 16.4. The number of H-pyrrole nitrogens is 1. The molecule has 0 atom stereocenters. The van der Waals surface area contributed by atoms with Gasteiger partial charge >= 0.3 is 5.97 Å². The molecule has 2 aromatic carbocycles. The van der Waals surface area contributed by atoms with E-state index in [0.29, 0.717) is 39.0 Å². The fourth-order valence-corrected chi connectivity index (χ4v) is 5.08. The van der Waals surface area contributed by atoms with E-state index in [0.717, 1.165) is 19.5 Å². The maximum Gasteiger partial charge on any atom is 0.338 e. The largest absolute Gasteiger partial charge is 0.478 e. The number of carboxylic acids is 1. The first-order valence-corrected chi connectivity index (χ1v) is 14.9. The van der Waals surface area contributed by atoms with Crippen LogP contribution in [0.5, 0.6) is 0 Å².